The molecule has 0 unspecified atom stereocenters. The first kappa shape index (κ1) is 14.4. The fourth-order valence-electron chi connectivity index (χ4n) is 1.84. The highest BCUT2D eigenvalue weighted by Gasteiger charge is 2.26. The maximum absolute atomic E-state index is 12.7. The van der Waals surface area contributed by atoms with Gasteiger partial charge in [-0.2, -0.15) is 5.10 Å². The summed E-state index contributed by atoms with van der Waals surface area (Å²) in [5.74, 6) is 0.325. The van der Waals surface area contributed by atoms with E-state index >= 15 is 0 Å². The van der Waals surface area contributed by atoms with Crippen LogP contribution in [0.25, 0.3) is 0 Å². The molecule has 0 aliphatic rings. The minimum atomic E-state index is -3.69. The predicted octanol–water partition coefficient (Wildman–Crippen LogP) is 1.56. The van der Waals surface area contributed by atoms with Crippen LogP contribution in [0.3, 0.4) is 0 Å². The summed E-state index contributed by atoms with van der Waals surface area (Å²) in [5, 5.41) is 3.98. The lowest BCUT2D eigenvalue weighted by atomic mass is 10.2. The number of rotatable bonds is 4. The fourth-order valence-corrected chi connectivity index (χ4v) is 3.25. The zero-order valence-corrected chi connectivity index (χ0v) is 12.7. The Morgan fingerprint density at radius 3 is 2.60 bits per heavy atom. The smallest absolute Gasteiger partial charge is 0.267 e. The Morgan fingerprint density at radius 2 is 2.05 bits per heavy atom. The number of sulfonamides is 1. The lowest BCUT2D eigenvalue weighted by Crippen LogP contribution is -2.26. The number of anilines is 1. The number of hydrogen-bond donors (Lipinski definition) is 0. The molecule has 0 N–H and O–H groups in total. The maximum Gasteiger partial charge on any atom is 0.267 e. The molecule has 0 saturated heterocycles. The van der Waals surface area contributed by atoms with E-state index in [1.807, 2.05) is 13.0 Å². The predicted molar refractivity (Wildman–Crippen MR) is 76.5 cm³/mol. The molecule has 0 aliphatic carbocycles. The Bertz CT molecular complexity index is 722. The highest BCUT2D eigenvalue weighted by Crippen LogP contribution is 2.29. The van der Waals surface area contributed by atoms with Crippen molar-refractivity contribution in [2.45, 2.75) is 11.8 Å². The molecular weight excluding hydrogens is 278 g/mol. The maximum atomic E-state index is 12.7. The first-order valence-corrected chi connectivity index (χ1v) is 7.42. The van der Waals surface area contributed by atoms with Crippen molar-refractivity contribution in [3.05, 3.63) is 36.2 Å². The Balaban J connectivity index is 2.52. The summed E-state index contributed by atoms with van der Waals surface area (Å²) in [5.41, 5.74) is 1.35. The van der Waals surface area contributed by atoms with Crippen molar-refractivity contribution in [1.29, 1.82) is 0 Å². The molecular formula is C13H17N3O3S. The van der Waals surface area contributed by atoms with Crippen molar-refractivity contribution in [3.8, 4) is 5.75 Å². The van der Waals surface area contributed by atoms with Gasteiger partial charge in [0.05, 0.1) is 19.0 Å². The monoisotopic (exact) mass is 295 g/mol. The Kier molecular flexibility index (Phi) is 3.71. The van der Waals surface area contributed by atoms with Gasteiger partial charge in [0.1, 0.15) is 10.6 Å². The first-order chi connectivity index (χ1) is 9.36. The Morgan fingerprint density at radius 1 is 1.35 bits per heavy atom. The molecule has 7 heteroatoms. The minimum Gasteiger partial charge on any atom is -0.495 e. The number of hydrogen-bond acceptors (Lipinski definition) is 4. The number of nitrogens with zero attached hydrogens (tertiary/aromatic N) is 3. The molecule has 108 valence electrons. The third kappa shape index (κ3) is 2.49. The number of ether oxygens (including phenoxy) is 1. The average molecular weight is 295 g/mol. The fraction of sp³-hybridized carbons (Fsp3) is 0.308. The van der Waals surface area contributed by atoms with E-state index in [1.54, 1.807) is 30.1 Å². The van der Waals surface area contributed by atoms with Gasteiger partial charge in [0.2, 0.25) is 0 Å². The van der Waals surface area contributed by atoms with E-state index in [0.29, 0.717) is 11.4 Å². The van der Waals surface area contributed by atoms with Crippen LogP contribution in [-0.2, 0) is 17.1 Å². The number of methoxy groups -OCH3 is 1. The Labute approximate surface area is 118 Å². The normalized spacial score (nSPS) is 11.4. The van der Waals surface area contributed by atoms with Crippen molar-refractivity contribution in [3.63, 3.8) is 0 Å². The van der Waals surface area contributed by atoms with Gasteiger partial charge in [-0.3, -0.25) is 8.99 Å². The molecule has 0 radical (unpaired) electrons. The van der Waals surface area contributed by atoms with Crippen molar-refractivity contribution >= 4 is 15.7 Å². The van der Waals surface area contributed by atoms with Gasteiger partial charge in [-0.15, -0.1) is 0 Å². The first-order valence-electron chi connectivity index (χ1n) is 5.98. The topological polar surface area (TPSA) is 64.4 Å². The second-order valence-electron chi connectivity index (χ2n) is 4.50. The second-order valence-corrected chi connectivity index (χ2v) is 6.44. The summed E-state index contributed by atoms with van der Waals surface area (Å²) in [4.78, 5) is 0.145. The van der Waals surface area contributed by atoms with Gasteiger partial charge in [0, 0.05) is 20.3 Å². The lowest BCUT2D eigenvalue weighted by Gasteiger charge is -2.19. The molecule has 1 heterocycles. The Hall–Kier alpha value is -2.02. The third-order valence-corrected chi connectivity index (χ3v) is 4.82. The van der Waals surface area contributed by atoms with Crippen molar-refractivity contribution in [2.75, 3.05) is 18.5 Å². The third-order valence-electron chi connectivity index (χ3n) is 3.01. The lowest BCUT2D eigenvalue weighted by molar-refractivity contribution is 0.402. The summed E-state index contributed by atoms with van der Waals surface area (Å²) in [6, 6.07) is 5.06. The molecule has 0 aliphatic heterocycles. The van der Waals surface area contributed by atoms with Crippen LogP contribution in [-0.4, -0.2) is 32.4 Å². The van der Waals surface area contributed by atoms with E-state index < -0.39 is 10.0 Å². The van der Waals surface area contributed by atoms with Crippen LogP contribution in [0.2, 0.25) is 0 Å². The SMILES string of the molecule is COc1ccc(C)cc1S(=O)(=O)N(C)c1cnn(C)c1. The van der Waals surface area contributed by atoms with E-state index in [0.717, 1.165) is 5.56 Å². The van der Waals surface area contributed by atoms with Crippen molar-refractivity contribution in [2.24, 2.45) is 7.05 Å². The van der Waals surface area contributed by atoms with Crippen LogP contribution in [0.15, 0.2) is 35.5 Å². The highest BCUT2D eigenvalue weighted by molar-refractivity contribution is 7.92. The van der Waals surface area contributed by atoms with Gasteiger partial charge in [-0.25, -0.2) is 8.42 Å². The second kappa shape index (κ2) is 5.16. The molecule has 0 saturated carbocycles. The van der Waals surface area contributed by atoms with Crippen LogP contribution < -0.4 is 9.04 Å². The largest absolute Gasteiger partial charge is 0.495 e. The molecule has 0 fully saturated rings. The number of benzene rings is 1. The van der Waals surface area contributed by atoms with Crippen LogP contribution in [0.5, 0.6) is 5.75 Å². The number of aromatic nitrogens is 2. The summed E-state index contributed by atoms with van der Waals surface area (Å²) < 4.78 is 33.3. The van der Waals surface area contributed by atoms with Crippen molar-refractivity contribution in [1.82, 2.24) is 9.78 Å². The summed E-state index contributed by atoms with van der Waals surface area (Å²) in [7, 11) is 0.991. The van der Waals surface area contributed by atoms with Gasteiger partial charge < -0.3 is 4.74 Å². The molecule has 20 heavy (non-hydrogen) atoms. The zero-order valence-electron chi connectivity index (χ0n) is 11.9. The summed E-state index contributed by atoms with van der Waals surface area (Å²) in [6.45, 7) is 1.84. The van der Waals surface area contributed by atoms with E-state index in [-0.39, 0.29) is 4.90 Å². The van der Waals surface area contributed by atoms with Gasteiger partial charge in [-0.05, 0) is 24.6 Å². The van der Waals surface area contributed by atoms with Gasteiger partial charge >= 0.3 is 0 Å². The van der Waals surface area contributed by atoms with Crippen LogP contribution >= 0.6 is 0 Å². The van der Waals surface area contributed by atoms with Crippen molar-refractivity contribution < 1.29 is 13.2 Å². The molecule has 0 amide bonds. The van der Waals surface area contributed by atoms with Gasteiger partial charge in [0.15, 0.2) is 0 Å². The van der Waals surface area contributed by atoms with E-state index in [2.05, 4.69) is 5.10 Å². The molecule has 1 aromatic carbocycles. The van der Waals surface area contributed by atoms with E-state index in [9.17, 15) is 8.42 Å². The quantitative estimate of drug-likeness (QED) is 0.858. The number of aryl methyl sites for hydroxylation is 2. The van der Waals surface area contributed by atoms with Crippen LogP contribution in [0, 0.1) is 6.92 Å². The van der Waals surface area contributed by atoms with Gasteiger partial charge in [0.25, 0.3) is 10.0 Å². The average Bonchev–Trinajstić information content (AvgIpc) is 2.84. The zero-order chi connectivity index (χ0) is 14.9. The molecule has 0 bridgehead atoms. The van der Waals surface area contributed by atoms with Gasteiger partial charge in [-0.1, -0.05) is 6.07 Å². The molecule has 1 aromatic heterocycles. The molecule has 0 atom stereocenters. The minimum absolute atomic E-state index is 0.145. The van der Waals surface area contributed by atoms with E-state index in [1.165, 1.54) is 24.7 Å². The van der Waals surface area contributed by atoms with Crippen LogP contribution in [0.4, 0.5) is 5.69 Å². The molecule has 6 nitrogen and oxygen atoms in total. The van der Waals surface area contributed by atoms with Crippen LogP contribution in [0.1, 0.15) is 5.56 Å². The summed E-state index contributed by atoms with van der Waals surface area (Å²) >= 11 is 0. The standard InChI is InChI=1S/C13H17N3O3S/c1-10-5-6-12(19-4)13(7-10)20(17,18)16(3)11-8-14-15(2)9-11/h5-9H,1-4H3. The molecule has 2 rings (SSSR count). The molecule has 0 spiro atoms. The summed E-state index contributed by atoms with van der Waals surface area (Å²) in [6.07, 6.45) is 3.14. The van der Waals surface area contributed by atoms with E-state index in [4.69, 9.17) is 4.74 Å². The molecule has 2 aromatic rings. The highest BCUT2D eigenvalue weighted by atomic mass is 32.2.